The molecule has 1 N–H and O–H groups in total. The van der Waals surface area contributed by atoms with E-state index in [-0.39, 0.29) is 4.13 Å². The van der Waals surface area contributed by atoms with Crippen molar-refractivity contribution >= 4 is 20.0 Å². The third kappa shape index (κ3) is 3.81. The zero-order valence-corrected chi connectivity index (χ0v) is 12.4. The van der Waals surface area contributed by atoms with Gasteiger partial charge in [-0.25, -0.2) is 34.4 Å². The number of hydrogen-bond acceptors (Lipinski definition) is 4. The molecule has 1 aromatic rings. The molecule has 5 nitrogen and oxygen atoms in total. The number of hydrogen-bond donors (Lipinski definition) is 1. The summed E-state index contributed by atoms with van der Waals surface area (Å²) in [5.41, 5.74) is -9.55. The van der Waals surface area contributed by atoms with Crippen LogP contribution in [0.5, 0.6) is 0 Å². The second-order valence-electron chi connectivity index (χ2n) is 3.99. The molecule has 0 aliphatic carbocycles. The van der Waals surface area contributed by atoms with Crippen LogP contribution in [0.25, 0.3) is 0 Å². The Hall–Kier alpha value is -1.62. The normalized spacial score (nSPS) is 14.0. The highest BCUT2D eigenvalue weighted by Crippen LogP contribution is 2.38. The number of nitrogens with one attached hydrogen (secondary N) is 1. The highest BCUT2D eigenvalue weighted by atomic mass is 32.3. The summed E-state index contributed by atoms with van der Waals surface area (Å²) >= 11 is 0. The highest BCUT2D eigenvalue weighted by molar-refractivity contribution is 8.05. The summed E-state index contributed by atoms with van der Waals surface area (Å²) in [6.45, 7) is 0. The maximum Gasteiger partial charge on any atom is 0.512 e. The van der Waals surface area contributed by atoms with Gasteiger partial charge in [-0.1, -0.05) is 4.13 Å². The Morgan fingerprint density at radius 3 is 1.32 bits per heavy atom. The van der Waals surface area contributed by atoms with Crippen LogP contribution in [0, 0.1) is 23.3 Å². The van der Waals surface area contributed by atoms with Crippen molar-refractivity contribution in [3.05, 3.63) is 28.8 Å². The largest absolute Gasteiger partial charge is 0.512 e. The molecule has 0 unspecified atom stereocenters. The molecule has 0 bridgehead atoms. The van der Waals surface area contributed by atoms with Gasteiger partial charge in [-0.3, -0.25) is 0 Å². The molecule has 1 aromatic carbocycles. The van der Waals surface area contributed by atoms with Crippen molar-refractivity contribution in [2.75, 3.05) is 0 Å². The molecule has 0 saturated heterocycles. The second-order valence-corrected chi connectivity index (χ2v) is 7.55. The molecule has 0 spiro atoms. The lowest BCUT2D eigenvalue weighted by molar-refractivity contribution is -0.143. The number of alkyl halides is 6. The lowest BCUT2D eigenvalue weighted by Crippen LogP contribution is -2.41. The zero-order valence-electron chi connectivity index (χ0n) is 10.7. The summed E-state index contributed by atoms with van der Waals surface area (Å²) in [5.74, 6) is -13.2. The molecule has 17 heteroatoms. The molecule has 0 atom stereocenters. The fourth-order valence-corrected chi connectivity index (χ4v) is 3.85. The van der Waals surface area contributed by atoms with Gasteiger partial charge in [-0.2, -0.15) is 26.3 Å². The second kappa shape index (κ2) is 5.97. The van der Waals surface area contributed by atoms with E-state index in [1.807, 2.05) is 0 Å². The summed E-state index contributed by atoms with van der Waals surface area (Å²) in [5, 5.41) is 0. The van der Waals surface area contributed by atoms with Crippen LogP contribution in [0.4, 0.5) is 43.9 Å². The molecule has 0 aliphatic heterocycles. The van der Waals surface area contributed by atoms with E-state index in [9.17, 15) is 60.7 Å². The first-order valence-corrected chi connectivity index (χ1v) is 8.09. The van der Waals surface area contributed by atoms with Crippen molar-refractivity contribution < 1.29 is 60.7 Å². The molecule has 0 heterocycles. The van der Waals surface area contributed by atoms with E-state index in [1.165, 1.54) is 0 Å². The van der Waals surface area contributed by atoms with Crippen LogP contribution in [0.2, 0.25) is 0 Å². The van der Waals surface area contributed by atoms with Gasteiger partial charge in [0.25, 0.3) is 10.0 Å². The van der Waals surface area contributed by atoms with Crippen LogP contribution in [-0.4, -0.2) is 22.3 Å². The standard InChI is InChI=1S/C8HF10NO4S2/c9-2-1(7(13,14)15)3(10)5(12)6(4(2)11)24(20,21)19-25(22,23)8(16,17)18/h19H. The Morgan fingerprint density at radius 2 is 1.04 bits per heavy atom. The average molecular weight is 429 g/mol. The van der Waals surface area contributed by atoms with Crippen LogP contribution in [0.1, 0.15) is 5.56 Å². The van der Waals surface area contributed by atoms with Crippen molar-refractivity contribution in [3.8, 4) is 0 Å². The first-order valence-electron chi connectivity index (χ1n) is 5.12. The quantitative estimate of drug-likeness (QED) is 0.591. The molecule has 1 rings (SSSR count). The SMILES string of the molecule is O=S(=O)(NS(=O)(=O)C(F)(F)F)c1c(F)c(F)c(C(F)(F)F)c(F)c1F. The molecule has 0 aliphatic rings. The molecule has 144 valence electrons. The zero-order chi connectivity index (χ0) is 20.2. The first kappa shape index (κ1) is 21.4. The topological polar surface area (TPSA) is 80.3 Å². The van der Waals surface area contributed by atoms with Crippen molar-refractivity contribution in [2.24, 2.45) is 0 Å². The summed E-state index contributed by atoms with van der Waals surface area (Å²) in [4.78, 5) is -3.02. The third-order valence-electron chi connectivity index (χ3n) is 2.30. The summed E-state index contributed by atoms with van der Waals surface area (Å²) in [6, 6.07) is 0. The highest BCUT2D eigenvalue weighted by Gasteiger charge is 2.50. The summed E-state index contributed by atoms with van der Waals surface area (Å²) < 4.78 is 170. The van der Waals surface area contributed by atoms with Crippen molar-refractivity contribution in [2.45, 2.75) is 16.6 Å². The number of sulfonamides is 2. The maximum absolute atomic E-state index is 13.4. The Kier molecular flexibility index (Phi) is 5.12. The van der Waals surface area contributed by atoms with Gasteiger partial charge in [-0.05, 0) is 0 Å². The Balaban J connectivity index is 3.76. The fourth-order valence-electron chi connectivity index (χ4n) is 1.33. The van der Waals surface area contributed by atoms with Gasteiger partial charge in [0.2, 0.25) is 0 Å². The lowest BCUT2D eigenvalue weighted by Gasteiger charge is -2.15. The van der Waals surface area contributed by atoms with Gasteiger partial charge < -0.3 is 0 Å². The predicted octanol–water partition coefficient (Wildman–Crippen LogP) is 2.39. The van der Waals surface area contributed by atoms with Crippen LogP contribution in [0.3, 0.4) is 0 Å². The Morgan fingerprint density at radius 1 is 0.680 bits per heavy atom. The number of rotatable bonds is 3. The van der Waals surface area contributed by atoms with Crippen molar-refractivity contribution in [3.63, 3.8) is 0 Å². The molecular weight excluding hydrogens is 428 g/mol. The minimum Gasteiger partial charge on any atom is -0.206 e. The van der Waals surface area contributed by atoms with E-state index in [0.29, 0.717) is 0 Å². The molecule has 0 aromatic heterocycles. The van der Waals surface area contributed by atoms with E-state index in [0.717, 1.165) is 0 Å². The number of benzene rings is 1. The van der Waals surface area contributed by atoms with Crippen molar-refractivity contribution in [1.29, 1.82) is 0 Å². The van der Waals surface area contributed by atoms with Gasteiger partial charge in [-0.15, -0.1) is 0 Å². The van der Waals surface area contributed by atoms with E-state index >= 15 is 0 Å². The Labute approximate surface area is 131 Å². The smallest absolute Gasteiger partial charge is 0.206 e. The van der Waals surface area contributed by atoms with Crippen molar-refractivity contribution in [1.82, 2.24) is 4.13 Å². The van der Waals surface area contributed by atoms with Gasteiger partial charge in [0.05, 0.1) is 0 Å². The molecule has 0 fully saturated rings. The van der Waals surface area contributed by atoms with Gasteiger partial charge in [0.1, 0.15) is 5.56 Å². The molecular formula is C8HF10NO4S2. The van der Waals surface area contributed by atoms with Crippen LogP contribution >= 0.6 is 0 Å². The summed E-state index contributed by atoms with van der Waals surface area (Å²) in [6.07, 6.45) is -6.05. The van der Waals surface area contributed by atoms with Gasteiger partial charge >= 0.3 is 21.7 Å². The van der Waals surface area contributed by atoms with Gasteiger partial charge in [0, 0.05) is 0 Å². The maximum atomic E-state index is 13.4. The predicted molar refractivity (Wildman–Crippen MR) is 56.6 cm³/mol. The minimum absolute atomic E-state index is 0.292. The minimum atomic E-state index is -6.84. The first-order chi connectivity index (χ1) is 10.8. The van der Waals surface area contributed by atoms with E-state index < -0.39 is 65.5 Å². The van der Waals surface area contributed by atoms with E-state index in [2.05, 4.69) is 0 Å². The summed E-state index contributed by atoms with van der Waals surface area (Å²) in [7, 11) is -13.4. The molecule has 0 amide bonds. The van der Waals surface area contributed by atoms with Gasteiger partial charge in [0.15, 0.2) is 28.2 Å². The van der Waals surface area contributed by atoms with E-state index in [4.69, 9.17) is 0 Å². The van der Waals surface area contributed by atoms with Crippen LogP contribution in [0.15, 0.2) is 4.90 Å². The van der Waals surface area contributed by atoms with E-state index in [1.54, 1.807) is 0 Å². The molecule has 0 radical (unpaired) electrons. The third-order valence-corrected chi connectivity index (χ3v) is 5.56. The van der Waals surface area contributed by atoms with Crippen LogP contribution < -0.4 is 4.13 Å². The monoisotopic (exact) mass is 429 g/mol. The molecule has 0 saturated carbocycles. The average Bonchev–Trinajstić information content (AvgIpc) is 2.32. The lowest BCUT2D eigenvalue weighted by atomic mass is 10.1. The fraction of sp³-hybridized carbons (Fsp3) is 0.250. The Bertz CT molecular complexity index is 887. The number of halogens is 10. The molecule has 25 heavy (non-hydrogen) atoms. The van der Waals surface area contributed by atoms with Crippen LogP contribution in [-0.2, 0) is 26.2 Å².